The highest BCUT2D eigenvalue weighted by Gasteiger charge is 2.17. The van der Waals surface area contributed by atoms with E-state index >= 15 is 0 Å². The first kappa shape index (κ1) is 16.2. The Kier molecular flexibility index (Phi) is 6.21. The quantitative estimate of drug-likeness (QED) is 0.709. The zero-order chi connectivity index (χ0) is 15.1. The largest absolute Gasteiger partial charge is 0.464 e. The first-order chi connectivity index (χ1) is 9.56. The van der Waals surface area contributed by atoms with Crippen molar-refractivity contribution in [3.63, 3.8) is 0 Å². The van der Waals surface area contributed by atoms with E-state index in [-0.39, 0.29) is 5.69 Å². The molecule has 0 aliphatic heterocycles. The van der Waals surface area contributed by atoms with Crippen LogP contribution in [0.5, 0.6) is 0 Å². The van der Waals surface area contributed by atoms with Gasteiger partial charge in [-0.15, -0.1) is 0 Å². The van der Waals surface area contributed by atoms with Crippen molar-refractivity contribution in [3.8, 4) is 0 Å². The van der Waals surface area contributed by atoms with E-state index in [2.05, 4.69) is 4.74 Å². The molecule has 0 saturated heterocycles. The monoisotopic (exact) mass is 282 g/mol. The fourth-order valence-corrected chi connectivity index (χ4v) is 1.94. The highest BCUT2D eigenvalue weighted by molar-refractivity contribution is 5.87. The second-order valence-corrected chi connectivity index (χ2v) is 4.65. The molecule has 0 aromatic carbocycles. The third-order valence-electron chi connectivity index (χ3n) is 3.14. The van der Waals surface area contributed by atoms with Crippen LogP contribution in [0.25, 0.3) is 0 Å². The number of unbranched alkanes of at least 4 members (excludes halogenated alkanes) is 2. The molecule has 6 nitrogen and oxygen atoms in total. The Labute approximate surface area is 118 Å². The molecule has 20 heavy (non-hydrogen) atoms. The van der Waals surface area contributed by atoms with Gasteiger partial charge in [0.25, 0.3) is 5.56 Å². The van der Waals surface area contributed by atoms with E-state index in [9.17, 15) is 14.4 Å². The van der Waals surface area contributed by atoms with Crippen molar-refractivity contribution in [1.29, 1.82) is 0 Å². The van der Waals surface area contributed by atoms with Gasteiger partial charge in [0.15, 0.2) is 0 Å². The fourth-order valence-electron chi connectivity index (χ4n) is 1.94. The van der Waals surface area contributed by atoms with E-state index in [1.54, 1.807) is 0 Å². The average molecular weight is 282 g/mol. The van der Waals surface area contributed by atoms with E-state index in [1.807, 2.05) is 13.8 Å². The summed E-state index contributed by atoms with van der Waals surface area (Å²) < 4.78 is 7.17. The first-order valence-electron chi connectivity index (χ1n) is 6.99. The number of nitrogens with zero attached hydrogens (tertiary/aromatic N) is 2. The lowest BCUT2D eigenvalue weighted by atomic mass is 10.3. The normalized spacial score (nSPS) is 10.6. The third-order valence-corrected chi connectivity index (χ3v) is 3.14. The number of methoxy groups -OCH3 is 1. The number of hydrogen-bond donors (Lipinski definition) is 0. The molecule has 1 aromatic heterocycles. The van der Waals surface area contributed by atoms with Crippen LogP contribution < -0.4 is 11.2 Å². The molecule has 0 saturated carbocycles. The highest BCUT2D eigenvalue weighted by atomic mass is 16.5. The van der Waals surface area contributed by atoms with E-state index in [4.69, 9.17) is 0 Å². The van der Waals surface area contributed by atoms with Gasteiger partial charge >= 0.3 is 11.7 Å². The lowest BCUT2D eigenvalue weighted by molar-refractivity contribution is 0.0585. The zero-order valence-corrected chi connectivity index (χ0v) is 12.3. The average Bonchev–Trinajstić information content (AvgIpc) is 2.45. The van der Waals surface area contributed by atoms with Gasteiger partial charge in [-0.2, -0.15) is 0 Å². The predicted molar refractivity (Wildman–Crippen MR) is 76.1 cm³/mol. The second-order valence-electron chi connectivity index (χ2n) is 4.65. The summed E-state index contributed by atoms with van der Waals surface area (Å²) in [6.45, 7) is 4.77. The molecule has 112 valence electrons. The lowest BCUT2D eigenvalue weighted by Crippen LogP contribution is -2.42. The van der Waals surface area contributed by atoms with Crippen molar-refractivity contribution < 1.29 is 9.53 Å². The van der Waals surface area contributed by atoms with Crippen LogP contribution in [-0.4, -0.2) is 22.2 Å². The summed E-state index contributed by atoms with van der Waals surface area (Å²) >= 11 is 0. The van der Waals surface area contributed by atoms with Crippen LogP contribution in [0.1, 0.15) is 50.0 Å². The van der Waals surface area contributed by atoms with E-state index in [0.717, 1.165) is 25.7 Å². The van der Waals surface area contributed by atoms with Gasteiger partial charge in [-0.1, -0.05) is 26.7 Å². The smallest absolute Gasteiger partial charge is 0.355 e. The fraction of sp³-hybridized carbons (Fsp3) is 0.643. The van der Waals surface area contributed by atoms with Gasteiger partial charge in [0, 0.05) is 19.2 Å². The van der Waals surface area contributed by atoms with Crippen molar-refractivity contribution in [2.75, 3.05) is 7.11 Å². The molecular formula is C14H22N2O4. The van der Waals surface area contributed by atoms with Gasteiger partial charge < -0.3 is 4.74 Å². The van der Waals surface area contributed by atoms with Crippen molar-refractivity contribution >= 4 is 5.97 Å². The number of carbonyl (C=O) groups excluding carboxylic acids is 1. The van der Waals surface area contributed by atoms with E-state index < -0.39 is 17.2 Å². The van der Waals surface area contributed by atoms with Gasteiger partial charge in [0.1, 0.15) is 5.69 Å². The lowest BCUT2D eigenvalue weighted by Gasteiger charge is -2.13. The van der Waals surface area contributed by atoms with Crippen LogP contribution in [-0.2, 0) is 17.8 Å². The molecule has 0 amide bonds. The summed E-state index contributed by atoms with van der Waals surface area (Å²) in [7, 11) is 1.24. The van der Waals surface area contributed by atoms with Crippen LogP contribution in [0.15, 0.2) is 15.7 Å². The first-order valence-corrected chi connectivity index (χ1v) is 6.99. The molecule has 0 bridgehead atoms. The Hall–Kier alpha value is -1.85. The number of rotatable bonds is 7. The van der Waals surface area contributed by atoms with Crippen molar-refractivity contribution in [2.45, 2.75) is 52.6 Å². The third kappa shape index (κ3) is 3.59. The van der Waals surface area contributed by atoms with Crippen LogP contribution in [0.2, 0.25) is 0 Å². The minimum atomic E-state index is -0.655. The molecule has 0 N–H and O–H groups in total. The molecule has 0 spiro atoms. The van der Waals surface area contributed by atoms with E-state index in [0.29, 0.717) is 13.1 Å². The standard InChI is InChI=1S/C14H22N2O4/c1-4-6-8-15-11(13(18)20-3)10-12(17)16(14(15)19)9-7-5-2/h10H,4-9H2,1-3H3. The molecule has 1 aromatic rings. The Bertz CT molecular complexity index is 572. The summed E-state index contributed by atoms with van der Waals surface area (Å²) in [5.74, 6) is -0.655. The van der Waals surface area contributed by atoms with Crippen molar-refractivity contribution in [3.05, 3.63) is 32.6 Å². The number of hydrogen-bond acceptors (Lipinski definition) is 4. The molecular weight excluding hydrogens is 260 g/mol. The molecule has 0 radical (unpaired) electrons. The van der Waals surface area contributed by atoms with Crippen LogP contribution in [0.3, 0.4) is 0 Å². The number of aromatic nitrogens is 2. The maximum Gasteiger partial charge on any atom is 0.355 e. The van der Waals surface area contributed by atoms with Gasteiger partial charge in [0.05, 0.1) is 7.11 Å². The minimum absolute atomic E-state index is 0.0312. The summed E-state index contributed by atoms with van der Waals surface area (Å²) in [4.78, 5) is 36.0. The van der Waals surface area contributed by atoms with Crippen molar-refractivity contribution in [1.82, 2.24) is 9.13 Å². The minimum Gasteiger partial charge on any atom is -0.464 e. The van der Waals surface area contributed by atoms with Gasteiger partial charge in [0.2, 0.25) is 0 Å². The molecule has 0 aliphatic rings. The summed E-state index contributed by atoms with van der Waals surface area (Å²) in [6.07, 6.45) is 3.29. The zero-order valence-electron chi connectivity index (χ0n) is 12.3. The summed E-state index contributed by atoms with van der Waals surface area (Å²) in [6, 6.07) is 1.19. The van der Waals surface area contributed by atoms with Crippen molar-refractivity contribution in [2.24, 2.45) is 0 Å². The van der Waals surface area contributed by atoms with Crippen LogP contribution in [0.4, 0.5) is 0 Å². The van der Waals surface area contributed by atoms with Gasteiger partial charge in [-0.3, -0.25) is 13.9 Å². The second kappa shape index (κ2) is 7.67. The van der Waals surface area contributed by atoms with Gasteiger partial charge in [-0.05, 0) is 12.8 Å². The summed E-state index contributed by atoms with van der Waals surface area (Å²) in [5.41, 5.74) is -0.847. The molecule has 0 aliphatic carbocycles. The highest BCUT2D eigenvalue weighted by Crippen LogP contribution is 2.00. The van der Waals surface area contributed by atoms with Crippen LogP contribution in [0, 0.1) is 0 Å². The molecule has 0 atom stereocenters. The Morgan fingerprint density at radius 3 is 2.15 bits per heavy atom. The summed E-state index contributed by atoms with van der Waals surface area (Å²) in [5, 5.41) is 0. The molecule has 0 fully saturated rings. The molecule has 0 unspecified atom stereocenters. The van der Waals surface area contributed by atoms with Gasteiger partial charge in [-0.25, -0.2) is 9.59 Å². The molecule has 1 rings (SSSR count). The van der Waals surface area contributed by atoms with E-state index in [1.165, 1.54) is 22.3 Å². The maximum absolute atomic E-state index is 12.4. The molecule has 6 heteroatoms. The predicted octanol–water partition coefficient (Wildman–Crippen LogP) is 1.40. The molecule has 1 heterocycles. The SMILES string of the molecule is CCCCn1c(C(=O)OC)cc(=O)n(CCCC)c1=O. The number of ether oxygens (including phenoxy) is 1. The Morgan fingerprint density at radius 2 is 1.65 bits per heavy atom. The number of esters is 1. The number of carbonyl (C=O) groups is 1. The topological polar surface area (TPSA) is 70.3 Å². The maximum atomic E-state index is 12.4. The van der Waals surface area contributed by atoms with Crippen LogP contribution >= 0.6 is 0 Å². The Balaban J connectivity index is 3.36. The Morgan fingerprint density at radius 1 is 1.10 bits per heavy atom.